The van der Waals surface area contributed by atoms with Gasteiger partial charge in [0.05, 0.1) is 38.7 Å². The molecular formula is C29H33NO5. The zero-order valence-corrected chi connectivity index (χ0v) is 20.7. The number of hydrogen-bond donors (Lipinski definition) is 0. The molecule has 1 amide bonds. The normalized spacial score (nSPS) is 26.3. The van der Waals surface area contributed by atoms with E-state index in [1.54, 1.807) is 14.2 Å². The van der Waals surface area contributed by atoms with E-state index in [9.17, 15) is 9.59 Å². The van der Waals surface area contributed by atoms with Crippen LogP contribution in [0.5, 0.6) is 11.5 Å². The molecule has 2 fully saturated rings. The standard InChI is InChI=1S/C29H33NO5/c1-19-7-9-20(10-8-19)5-4-6-22(31)26-24-13-15-29(35-24)18-30(28(32)27(26)29)16-14-21-11-12-23(33-2)25(17-21)34-3/h7-13,15,17,24,26-27H,4-6,14,16,18H2,1-3H3. The van der Waals surface area contributed by atoms with Crippen LogP contribution in [0.15, 0.2) is 54.6 Å². The molecule has 2 aromatic carbocycles. The van der Waals surface area contributed by atoms with E-state index in [4.69, 9.17) is 14.2 Å². The molecule has 184 valence electrons. The second kappa shape index (κ2) is 9.50. The van der Waals surface area contributed by atoms with Crippen molar-refractivity contribution in [3.05, 3.63) is 71.3 Å². The summed E-state index contributed by atoms with van der Waals surface area (Å²) in [5.41, 5.74) is 2.88. The third-order valence-electron chi connectivity index (χ3n) is 7.68. The van der Waals surface area contributed by atoms with Crippen molar-refractivity contribution in [2.24, 2.45) is 11.8 Å². The number of fused-ring (bicyclic) bond motifs is 1. The van der Waals surface area contributed by atoms with Crippen molar-refractivity contribution in [1.29, 1.82) is 0 Å². The zero-order valence-electron chi connectivity index (χ0n) is 20.7. The number of carbonyl (C=O) groups is 2. The van der Waals surface area contributed by atoms with Gasteiger partial charge in [-0.2, -0.15) is 0 Å². The molecule has 3 aliphatic rings. The predicted molar refractivity (Wildman–Crippen MR) is 133 cm³/mol. The lowest BCUT2D eigenvalue weighted by Gasteiger charge is -2.23. The number of benzene rings is 2. The summed E-state index contributed by atoms with van der Waals surface area (Å²) in [5.74, 6) is 0.754. The van der Waals surface area contributed by atoms with Gasteiger partial charge in [-0.15, -0.1) is 0 Å². The number of likely N-dealkylation sites (tertiary alicyclic amines) is 1. The Morgan fingerprint density at radius 2 is 1.80 bits per heavy atom. The first-order valence-electron chi connectivity index (χ1n) is 12.4. The Kier molecular flexibility index (Phi) is 6.41. The highest BCUT2D eigenvalue weighted by molar-refractivity contribution is 5.93. The van der Waals surface area contributed by atoms with Crippen LogP contribution in [0.1, 0.15) is 29.5 Å². The van der Waals surface area contributed by atoms with Crippen LogP contribution in [0, 0.1) is 18.8 Å². The Morgan fingerprint density at radius 1 is 1.06 bits per heavy atom. The molecule has 6 heteroatoms. The van der Waals surface area contributed by atoms with E-state index in [1.165, 1.54) is 11.1 Å². The number of rotatable bonds is 10. The van der Waals surface area contributed by atoms with Gasteiger partial charge in [0.1, 0.15) is 11.4 Å². The van der Waals surface area contributed by atoms with Gasteiger partial charge in [-0.3, -0.25) is 9.59 Å². The van der Waals surface area contributed by atoms with E-state index >= 15 is 0 Å². The molecule has 3 aliphatic heterocycles. The summed E-state index contributed by atoms with van der Waals surface area (Å²) in [5, 5.41) is 0. The summed E-state index contributed by atoms with van der Waals surface area (Å²) in [6, 6.07) is 14.3. The van der Waals surface area contributed by atoms with Gasteiger partial charge in [-0.05, 0) is 49.4 Å². The molecule has 4 atom stereocenters. The Balaban J connectivity index is 1.22. The maximum Gasteiger partial charge on any atom is 0.229 e. The van der Waals surface area contributed by atoms with E-state index in [0.29, 0.717) is 37.4 Å². The molecule has 0 saturated carbocycles. The number of Topliss-reactive ketones (excluding diaryl/α,β-unsaturated/α-hetero) is 1. The number of nitrogens with zero attached hydrogens (tertiary/aromatic N) is 1. The van der Waals surface area contributed by atoms with Crippen LogP contribution in [0.2, 0.25) is 0 Å². The summed E-state index contributed by atoms with van der Waals surface area (Å²) in [6.45, 7) is 3.15. The van der Waals surface area contributed by atoms with E-state index in [-0.39, 0.29) is 23.7 Å². The van der Waals surface area contributed by atoms with Crippen molar-refractivity contribution < 1.29 is 23.8 Å². The van der Waals surface area contributed by atoms with E-state index < -0.39 is 11.5 Å². The molecule has 1 spiro atoms. The molecular weight excluding hydrogens is 442 g/mol. The molecule has 35 heavy (non-hydrogen) atoms. The van der Waals surface area contributed by atoms with Gasteiger partial charge in [-0.1, -0.05) is 48.0 Å². The SMILES string of the molecule is COc1ccc(CCN2CC34C=CC(O3)C(C(=O)CCCc3ccc(C)cc3)C4C2=O)cc1OC. The predicted octanol–water partition coefficient (Wildman–Crippen LogP) is 3.93. The molecule has 6 nitrogen and oxygen atoms in total. The minimum atomic E-state index is -0.656. The zero-order chi connectivity index (χ0) is 24.6. The maximum absolute atomic E-state index is 13.5. The number of ketones is 1. The first-order chi connectivity index (χ1) is 16.9. The fourth-order valence-corrected chi connectivity index (χ4v) is 5.82. The molecule has 4 unspecified atom stereocenters. The highest BCUT2D eigenvalue weighted by Gasteiger charge is 2.66. The molecule has 2 bridgehead atoms. The Labute approximate surface area is 206 Å². The summed E-state index contributed by atoms with van der Waals surface area (Å²) in [7, 11) is 3.23. The third kappa shape index (κ3) is 4.36. The molecule has 0 radical (unpaired) electrons. The van der Waals surface area contributed by atoms with E-state index in [0.717, 1.165) is 18.4 Å². The Hall–Kier alpha value is -3.12. The monoisotopic (exact) mass is 475 g/mol. The fraction of sp³-hybridized carbons (Fsp3) is 0.448. The lowest BCUT2D eigenvalue weighted by atomic mass is 9.74. The first kappa shape index (κ1) is 23.6. The van der Waals surface area contributed by atoms with Crippen LogP contribution >= 0.6 is 0 Å². The molecule has 3 heterocycles. The minimum Gasteiger partial charge on any atom is -0.493 e. The summed E-state index contributed by atoms with van der Waals surface area (Å²) < 4.78 is 17.0. The van der Waals surface area contributed by atoms with Crippen molar-refractivity contribution in [1.82, 2.24) is 4.90 Å². The van der Waals surface area contributed by atoms with Crippen LogP contribution in [-0.2, 0) is 27.2 Å². The van der Waals surface area contributed by atoms with Crippen LogP contribution in [0.3, 0.4) is 0 Å². The van der Waals surface area contributed by atoms with Crippen LogP contribution in [0.25, 0.3) is 0 Å². The fourth-order valence-electron chi connectivity index (χ4n) is 5.82. The largest absolute Gasteiger partial charge is 0.493 e. The second-order valence-corrected chi connectivity index (χ2v) is 9.90. The Bertz CT molecular complexity index is 1140. The van der Waals surface area contributed by atoms with Crippen LogP contribution < -0.4 is 9.47 Å². The number of hydrogen-bond acceptors (Lipinski definition) is 5. The first-order valence-corrected chi connectivity index (χ1v) is 12.4. The molecule has 2 saturated heterocycles. The second-order valence-electron chi connectivity index (χ2n) is 9.90. The molecule has 0 aromatic heterocycles. The number of ether oxygens (including phenoxy) is 3. The summed E-state index contributed by atoms with van der Waals surface area (Å²) >= 11 is 0. The van der Waals surface area contributed by atoms with Gasteiger partial charge < -0.3 is 19.1 Å². The average Bonchev–Trinajstić information content (AvgIpc) is 3.51. The third-order valence-corrected chi connectivity index (χ3v) is 7.68. The number of carbonyl (C=O) groups excluding carboxylic acids is 2. The quantitative estimate of drug-likeness (QED) is 0.487. The van der Waals surface area contributed by atoms with Crippen molar-refractivity contribution in [2.45, 2.75) is 44.3 Å². The molecule has 2 aromatic rings. The topological polar surface area (TPSA) is 65.1 Å². The van der Waals surface area contributed by atoms with Gasteiger partial charge in [-0.25, -0.2) is 0 Å². The lowest BCUT2D eigenvalue weighted by Crippen LogP contribution is -2.39. The van der Waals surface area contributed by atoms with Crippen molar-refractivity contribution >= 4 is 11.7 Å². The molecule has 0 N–H and O–H groups in total. The van der Waals surface area contributed by atoms with Gasteiger partial charge >= 0.3 is 0 Å². The number of methoxy groups -OCH3 is 2. The lowest BCUT2D eigenvalue weighted by molar-refractivity contribution is -0.136. The molecule has 5 rings (SSSR count). The number of aryl methyl sites for hydroxylation is 2. The van der Waals surface area contributed by atoms with Crippen molar-refractivity contribution in [2.75, 3.05) is 27.3 Å². The highest BCUT2D eigenvalue weighted by Crippen LogP contribution is 2.52. The van der Waals surface area contributed by atoms with Gasteiger partial charge in [0.25, 0.3) is 0 Å². The minimum absolute atomic E-state index is 0.0363. The van der Waals surface area contributed by atoms with Gasteiger partial charge in [0.2, 0.25) is 5.91 Å². The van der Waals surface area contributed by atoms with Crippen molar-refractivity contribution in [3.63, 3.8) is 0 Å². The van der Waals surface area contributed by atoms with Crippen LogP contribution in [-0.4, -0.2) is 55.6 Å². The van der Waals surface area contributed by atoms with Gasteiger partial charge in [0, 0.05) is 13.0 Å². The van der Waals surface area contributed by atoms with E-state index in [1.807, 2.05) is 35.3 Å². The number of amides is 1. The summed E-state index contributed by atoms with van der Waals surface area (Å²) in [6.07, 6.45) is 6.54. The van der Waals surface area contributed by atoms with E-state index in [2.05, 4.69) is 31.2 Å². The Morgan fingerprint density at radius 3 is 2.54 bits per heavy atom. The summed E-state index contributed by atoms with van der Waals surface area (Å²) in [4.78, 5) is 28.6. The van der Waals surface area contributed by atoms with Crippen molar-refractivity contribution in [3.8, 4) is 11.5 Å². The smallest absolute Gasteiger partial charge is 0.229 e. The van der Waals surface area contributed by atoms with Crippen LogP contribution in [0.4, 0.5) is 0 Å². The average molecular weight is 476 g/mol. The maximum atomic E-state index is 13.5. The van der Waals surface area contributed by atoms with Gasteiger partial charge in [0.15, 0.2) is 11.5 Å². The molecule has 0 aliphatic carbocycles. The highest BCUT2D eigenvalue weighted by atomic mass is 16.5.